The van der Waals surface area contributed by atoms with E-state index in [4.69, 9.17) is 11.5 Å². The van der Waals surface area contributed by atoms with Crippen LogP contribution in [0, 0.1) is 17.8 Å². The van der Waals surface area contributed by atoms with Crippen LogP contribution >= 0.6 is 0 Å². The highest BCUT2D eigenvalue weighted by Crippen LogP contribution is 2.16. The Morgan fingerprint density at radius 2 is 0.883 bits per heavy atom. The highest BCUT2D eigenvalue weighted by molar-refractivity contribution is 7.89. The molecule has 0 heterocycles. The van der Waals surface area contributed by atoms with Crippen molar-refractivity contribution >= 4 is 75.7 Å². The second kappa shape index (κ2) is 33.9. The zero-order valence-corrected chi connectivity index (χ0v) is 49.0. The monoisotopic (exact) mass is 1170 g/mol. The van der Waals surface area contributed by atoms with Gasteiger partial charge in [-0.2, -0.15) is 12.9 Å². The van der Waals surface area contributed by atoms with Gasteiger partial charge in [0, 0.05) is 89.7 Å². The first-order valence-corrected chi connectivity index (χ1v) is 32.0. The number of sulfonamides is 4. The van der Waals surface area contributed by atoms with Crippen molar-refractivity contribution in [2.75, 3.05) is 88.5 Å². The first-order valence-electron chi connectivity index (χ1n) is 25.6. The van der Waals surface area contributed by atoms with Gasteiger partial charge in [-0.3, -0.25) is 28.8 Å². The highest BCUT2D eigenvalue weighted by atomic mass is 32.2. The lowest BCUT2D eigenvalue weighted by Crippen LogP contribution is -2.55. The van der Waals surface area contributed by atoms with E-state index in [0.717, 1.165) is 24.1 Å². The molecule has 0 aliphatic heterocycles. The van der Waals surface area contributed by atoms with E-state index in [0.29, 0.717) is 5.56 Å². The fourth-order valence-corrected chi connectivity index (χ4v) is 14.5. The molecule has 1 aromatic carbocycles. The molecule has 0 aliphatic carbocycles. The number of benzene rings is 1. The largest absolute Gasteiger partial charge is 0.481 e. The Bertz CT molecular complexity index is 2500. The number of aliphatic carboxylic acids is 2. The van der Waals surface area contributed by atoms with Crippen LogP contribution in [0.1, 0.15) is 93.1 Å². The third kappa shape index (κ3) is 28.9. The van der Waals surface area contributed by atoms with Crippen molar-refractivity contribution in [1.29, 1.82) is 0 Å². The quantitative estimate of drug-likeness (QED) is 0.0379. The summed E-state index contributed by atoms with van der Waals surface area (Å²) in [5.74, 6) is -8.57. The van der Waals surface area contributed by atoms with Crippen LogP contribution in [0.2, 0.25) is 0 Å². The molecule has 0 bridgehead atoms. The first-order chi connectivity index (χ1) is 35.6. The Labute approximate surface area is 456 Å². The second-order valence-corrected chi connectivity index (χ2v) is 28.5. The lowest BCUT2D eigenvalue weighted by Gasteiger charge is -2.31. The number of carboxylic acids is 2. The number of amides is 4. The van der Waals surface area contributed by atoms with Crippen LogP contribution in [0.4, 0.5) is 0 Å². The molecular formula is C47H86N10O16S4. The minimum Gasteiger partial charge on any atom is -0.481 e. The summed E-state index contributed by atoms with van der Waals surface area (Å²) in [5.41, 5.74) is 11.9. The normalized spacial score (nSPS) is 14.2. The molecule has 0 aliphatic rings. The maximum Gasteiger partial charge on any atom is 0.303 e. The minimum atomic E-state index is -4.40. The lowest BCUT2D eigenvalue weighted by atomic mass is 10.0. The molecule has 0 aromatic heterocycles. The molecule has 26 nitrogen and oxygen atoms in total. The van der Waals surface area contributed by atoms with E-state index >= 15 is 0 Å². The topological polar surface area (TPSA) is 393 Å². The summed E-state index contributed by atoms with van der Waals surface area (Å²) in [4.78, 5) is 77.0. The fourth-order valence-electron chi connectivity index (χ4n) is 8.27. The molecule has 0 saturated heterocycles. The standard InChI is InChI=1S/C47H86N10O16S4/c1-9-54(76(70,71)32-35(4)5)25-40(16-18-47(64)65)51-43(59)31-57(77(72,73)33-36(6)7)28-42(24-38-13-11-10-12-14-38)53-45(61)30-56(75(68,69)22-20-49)27-41(23-34(2)3)52-44(60)29-55(74(66,67)21-19-48)26-39(50-37(8)58)15-17-46(62)63/h10-14,34-36,39-42H,9,15-33,48-49H2,1-8H3,(H,50,58)(H,51,59)(H,52,60)(H,53,61)(H,62,63)(H,64,65)/t39-,40-,41-,42-/m0/s1. The second-order valence-electron chi connectivity index (χ2n) is 20.3. The predicted octanol–water partition coefficient (Wildman–Crippen LogP) is -1.26. The van der Waals surface area contributed by atoms with Gasteiger partial charge in [-0.25, -0.2) is 38.0 Å². The lowest BCUT2D eigenvalue weighted by molar-refractivity contribution is -0.138. The third-order valence-electron chi connectivity index (χ3n) is 11.4. The van der Waals surface area contributed by atoms with Crippen molar-refractivity contribution in [1.82, 2.24) is 38.5 Å². The van der Waals surface area contributed by atoms with Gasteiger partial charge < -0.3 is 42.9 Å². The van der Waals surface area contributed by atoms with Gasteiger partial charge in [0.05, 0.1) is 42.6 Å². The fraction of sp³-hybridized carbons (Fsp3) is 0.745. The van der Waals surface area contributed by atoms with Crippen molar-refractivity contribution < 1.29 is 72.7 Å². The van der Waals surface area contributed by atoms with Gasteiger partial charge in [0.25, 0.3) is 0 Å². The molecule has 0 fully saturated rings. The number of carboxylic acid groups (broad SMARTS) is 2. The summed E-state index contributed by atoms with van der Waals surface area (Å²) >= 11 is 0. The maximum atomic E-state index is 14.3. The molecule has 0 saturated carbocycles. The van der Waals surface area contributed by atoms with Gasteiger partial charge in [0.2, 0.25) is 63.7 Å². The van der Waals surface area contributed by atoms with Gasteiger partial charge in [-0.05, 0) is 49.0 Å². The Hall–Kier alpha value is -4.40. The Balaban J connectivity index is 3.74. The summed E-state index contributed by atoms with van der Waals surface area (Å²) in [6, 6.07) is 4.25. The number of likely N-dealkylation sites (N-methyl/N-ethyl adjacent to an activating group) is 1. The smallest absolute Gasteiger partial charge is 0.303 e. The molecule has 444 valence electrons. The van der Waals surface area contributed by atoms with Crippen LogP contribution < -0.4 is 32.7 Å². The van der Waals surface area contributed by atoms with Crippen molar-refractivity contribution in [2.24, 2.45) is 29.2 Å². The molecule has 0 spiro atoms. The number of carbonyl (C=O) groups excluding carboxylic acids is 4. The van der Waals surface area contributed by atoms with Crippen molar-refractivity contribution in [3.63, 3.8) is 0 Å². The molecule has 0 radical (unpaired) electrons. The summed E-state index contributed by atoms with van der Waals surface area (Å²) < 4.78 is 113. The van der Waals surface area contributed by atoms with Crippen LogP contribution in [0.25, 0.3) is 0 Å². The number of hydrogen-bond donors (Lipinski definition) is 8. The Morgan fingerprint density at radius 3 is 1.27 bits per heavy atom. The van der Waals surface area contributed by atoms with Gasteiger partial charge in [-0.1, -0.05) is 78.8 Å². The summed E-state index contributed by atoms with van der Waals surface area (Å²) in [6.07, 6.45) is -1.21. The third-order valence-corrected chi connectivity index (χ3v) is 19.5. The number of nitrogens with two attached hydrogens (primary N) is 2. The summed E-state index contributed by atoms with van der Waals surface area (Å²) in [7, 11) is -16.9. The Morgan fingerprint density at radius 1 is 0.519 bits per heavy atom. The molecule has 0 unspecified atom stereocenters. The molecular weight excluding hydrogens is 1090 g/mol. The average Bonchev–Trinajstić information content (AvgIpc) is 3.27. The molecule has 4 atom stereocenters. The van der Waals surface area contributed by atoms with Crippen LogP contribution in [0.3, 0.4) is 0 Å². The average molecular weight is 1180 g/mol. The number of hydrogen-bond acceptors (Lipinski definition) is 16. The van der Waals surface area contributed by atoms with Gasteiger partial charge in [-0.15, -0.1) is 0 Å². The molecule has 1 aromatic rings. The molecule has 1 rings (SSSR count). The highest BCUT2D eigenvalue weighted by Gasteiger charge is 2.35. The van der Waals surface area contributed by atoms with E-state index in [1.165, 1.54) is 0 Å². The van der Waals surface area contributed by atoms with Crippen molar-refractivity contribution in [2.45, 2.75) is 118 Å². The summed E-state index contributed by atoms with van der Waals surface area (Å²) in [5, 5.41) is 29.3. The zero-order chi connectivity index (χ0) is 58.9. The molecule has 4 amide bonds. The van der Waals surface area contributed by atoms with Crippen LogP contribution in [-0.4, -0.2) is 209 Å². The number of rotatable bonds is 41. The predicted molar refractivity (Wildman–Crippen MR) is 292 cm³/mol. The van der Waals surface area contributed by atoms with Crippen molar-refractivity contribution in [3.05, 3.63) is 35.9 Å². The minimum absolute atomic E-state index is 0.00427. The van der Waals surface area contributed by atoms with Gasteiger partial charge in [0.15, 0.2) is 0 Å². The maximum absolute atomic E-state index is 14.3. The Kier molecular flexibility index (Phi) is 31.1. The SMILES string of the molecule is CCN(C[C@H](CCC(=O)O)NC(=O)CN(C[C@H](Cc1ccccc1)NC(=O)CN(C[C@H](CC(C)C)NC(=O)CN(C[C@H](CCC(=O)O)NC(C)=O)S(=O)(=O)CCN)S(=O)(=O)CCN)S(=O)(=O)CC(C)C)S(=O)(=O)CC(C)C. The van der Waals surface area contributed by atoms with E-state index in [1.54, 1.807) is 78.8 Å². The number of carbonyl (C=O) groups is 6. The van der Waals surface area contributed by atoms with E-state index in [1.807, 2.05) is 0 Å². The van der Waals surface area contributed by atoms with Gasteiger partial charge >= 0.3 is 11.9 Å². The van der Waals surface area contributed by atoms with E-state index in [2.05, 4.69) is 21.3 Å². The van der Waals surface area contributed by atoms with Crippen molar-refractivity contribution in [3.8, 4) is 0 Å². The molecule has 10 N–H and O–H groups in total. The van der Waals surface area contributed by atoms with Crippen LogP contribution in [0.15, 0.2) is 30.3 Å². The number of nitrogens with zero attached hydrogens (tertiary/aromatic N) is 4. The number of nitrogens with one attached hydrogen (secondary N) is 4. The first kappa shape index (κ1) is 70.6. The molecule has 77 heavy (non-hydrogen) atoms. The van der Waals surface area contributed by atoms with Crippen LogP contribution in [-0.2, 0) is 75.3 Å². The van der Waals surface area contributed by atoms with E-state index < -0.39 is 175 Å². The van der Waals surface area contributed by atoms with E-state index in [9.17, 15) is 72.7 Å². The van der Waals surface area contributed by atoms with E-state index in [-0.39, 0.29) is 69.5 Å². The zero-order valence-electron chi connectivity index (χ0n) is 45.8. The van der Waals surface area contributed by atoms with Gasteiger partial charge in [0.1, 0.15) is 0 Å². The summed E-state index contributed by atoms with van der Waals surface area (Å²) in [6.45, 7) is 7.84. The molecule has 30 heteroatoms. The van der Waals surface area contributed by atoms with Crippen LogP contribution in [0.5, 0.6) is 0 Å².